The molecule has 1 aromatic heterocycles. The van der Waals surface area contributed by atoms with Gasteiger partial charge in [0.1, 0.15) is 0 Å². The van der Waals surface area contributed by atoms with Crippen LogP contribution in [-0.4, -0.2) is 4.98 Å². The summed E-state index contributed by atoms with van der Waals surface area (Å²) in [6.07, 6.45) is 12.8. The molecule has 1 aromatic rings. The molecule has 0 radical (unpaired) electrons. The second-order valence-corrected chi connectivity index (χ2v) is 3.01. The van der Waals surface area contributed by atoms with E-state index < -0.39 is 0 Å². The Morgan fingerprint density at radius 3 is 1.18 bits per heavy atom. The molecule has 11 heavy (non-hydrogen) atoms. The summed E-state index contributed by atoms with van der Waals surface area (Å²) < 4.78 is 0. The van der Waals surface area contributed by atoms with E-state index in [9.17, 15) is 0 Å². The Kier molecular flexibility index (Phi) is 4.58. The molecule has 1 aliphatic rings. The molecule has 0 amide bonds. The zero-order chi connectivity index (χ0) is 7.78. The van der Waals surface area contributed by atoms with Gasteiger partial charge in [0.15, 0.2) is 0 Å². The van der Waals surface area contributed by atoms with Gasteiger partial charge in [-0.2, -0.15) is 0 Å². The summed E-state index contributed by atoms with van der Waals surface area (Å²) in [7, 11) is 0. The Morgan fingerprint density at radius 1 is 0.636 bits per heavy atom. The van der Waals surface area contributed by atoms with E-state index >= 15 is 0 Å². The van der Waals surface area contributed by atoms with Gasteiger partial charge in [-0.1, -0.05) is 38.5 Å². The second-order valence-electron chi connectivity index (χ2n) is 3.01. The average molecular weight is 151 g/mol. The molecule has 0 aliphatic heterocycles. The molecule has 1 saturated carbocycles. The molecule has 2 rings (SSSR count). The normalized spacial score (nSPS) is 16.7. The van der Waals surface area contributed by atoms with Crippen LogP contribution < -0.4 is 0 Å². The molecule has 1 aliphatic carbocycles. The molecule has 1 N–H and O–H groups in total. The lowest BCUT2D eigenvalue weighted by atomic mass is 10.0. The van der Waals surface area contributed by atoms with Crippen molar-refractivity contribution in [1.29, 1.82) is 0 Å². The van der Waals surface area contributed by atoms with Crippen LogP contribution in [0.25, 0.3) is 0 Å². The highest BCUT2D eigenvalue weighted by molar-refractivity contribution is 4.84. The van der Waals surface area contributed by atoms with E-state index in [1.807, 2.05) is 24.5 Å². The van der Waals surface area contributed by atoms with E-state index in [0.717, 1.165) is 0 Å². The van der Waals surface area contributed by atoms with Crippen LogP contribution in [0.3, 0.4) is 0 Å². The number of H-pyrrole nitrogens is 1. The predicted octanol–water partition coefficient (Wildman–Crippen LogP) is 3.36. The standard InChI is InChI=1S/C6H12.C4H5N/c1-2-4-6-5-3-1;1-2-4-5-3-1/h1-6H2;1-5H. The van der Waals surface area contributed by atoms with Gasteiger partial charge < -0.3 is 4.98 Å². The van der Waals surface area contributed by atoms with Crippen LogP contribution in [-0.2, 0) is 0 Å². The summed E-state index contributed by atoms with van der Waals surface area (Å²) in [4.78, 5) is 2.86. The minimum atomic E-state index is 1.50. The summed E-state index contributed by atoms with van der Waals surface area (Å²) in [6.45, 7) is 0. The molecule has 1 heteroatoms. The highest BCUT2D eigenvalue weighted by Crippen LogP contribution is 2.15. The SMILES string of the molecule is C1CCCCC1.c1cc[nH]c1. The number of hydrogen-bond donors (Lipinski definition) is 1. The minimum Gasteiger partial charge on any atom is -0.368 e. The minimum absolute atomic E-state index is 1.50. The Morgan fingerprint density at radius 2 is 1.00 bits per heavy atom. The largest absolute Gasteiger partial charge is 0.368 e. The first-order chi connectivity index (χ1) is 5.50. The van der Waals surface area contributed by atoms with Gasteiger partial charge in [0, 0.05) is 12.4 Å². The van der Waals surface area contributed by atoms with E-state index in [-0.39, 0.29) is 0 Å². The van der Waals surface area contributed by atoms with Gasteiger partial charge in [0.2, 0.25) is 0 Å². The van der Waals surface area contributed by atoms with Gasteiger partial charge in [0.05, 0.1) is 0 Å². The molecular formula is C10H17N. The summed E-state index contributed by atoms with van der Waals surface area (Å²) in [5, 5.41) is 0. The molecule has 0 spiro atoms. The van der Waals surface area contributed by atoms with Gasteiger partial charge in [-0.15, -0.1) is 0 Å². The maximum absolute atomic E-state index is 2.86. The van der Waals surface area contributed by atoms with E-state index in [1.165, 1.54) is 38.5 Å². The van der Waals surface area contributed by atoms with E-state index in [4.69, 9.17) is 0 Å². The van der Waals surface area contributed by atoms with Gasteiger partial charge >= 0.3 is 0 Å². The number of aromatic nitrogens is 1. The smallest absolute Gasteiger partial charge is 0.000496 e. The first kappa shape index (κ1) is 8.38. The summed E-state index contributed by atoms with van der Waals surface area (Å²) in [5.41, 5.74) is 0. The molecule has 0 atom stereocenters. The first-order valence-corrected chi connectivity index (χ1v) is 4.58. The molecule has 1 heterocycles. The average Bonchev–Trinajstić information content (AvgIpc) is 2.64. The van der Waals surface area contributed by atoms with E-state index in [1.54, 1.807) is 0 Å². The Bertz CT molecular complexity index is 111. The van der Waals surface area contributed by atoms with E-state index in [0.29, 0.717) is 0 Å². The van der Waals surface area contributed by atoms with Crippen molar-refractivity contribution in [3.05, 3.63) is 24.5 Å². The van der Waals surface area contributed by atoms with Crippen LogP contribution in [0.4, 0.5) is 0 Å². The summed E-state index contributed by atoms with van der Waals surface area (Å²) >= 11 is 0. The van der Waals surface area contributed by atoms with Crippen molar-refractivity contribution in [1.82, 2.24) is 4.98 Å². The molecule has 1 nitrogen and oxygen atoms in total. The van der Waals surface area contributed by atoms with Crippen molar-refractivity contribution in [3.8, 4) is 0 Å². The number of rotatable bonds is 0. The zero-order valence-electron chi connectivity index (χ0n) is 7.05. The first-order valence-electron chi connectivity index (χ1n) is 4.58. The molecule has 1 fully saturated rings. The molecule has 0 aromatic carbocycles. The van der Waals surface area contributed by atoms with Crippen molar-refractivity contribution in [2.24, 2.45) is 0 Å². The third kappa shape index (κ3) is 4.65. The van der Waals surface area contributed by atoms with E-state index in [2.05, 4.69) is 4.98 Å². The van der Waals surface area contributed by atoms with Crippen LogP contribution in [0.5, 0.6) is 0 Å². The lowest BCUT2D eigenvalue weighted by Gasteiger charge is -2.05. The summed E-state index contributed by atoms with van der Waals surface area (Å²) in [5.74, 6) is 0. The highest BCUT2D eigenvalue weighted by Gasteiger charge is 1.95. The van der Waals surface area contributed by atoms with Crippen LogP contribution in [0.15, 0.2) is 24.5 Å². The van der Waals surface area contributed by atoms with Crippen molar-refractivity contribution >= 4 is 0 Å². The lowest BCUT2D eigenvalue weighted by molar-refractivity contribution is 0.504. The number of aromatic amines is 1. The quantitative estimate of drug-likeness (QED) is 0.585. The Balaban J connectivity index is 0.000000112. The molecular weight excluding hydrogens is 134 g/mol. The van der Waals surface area contributed by atoms with Crippen molar-refractivity contribution in [2.75, 3.05) is 0 Å². The summed E-state index contributed by atoms with van der Waals surface area (Å²) in [6, 6.07) is 3.89. The fraction of sp³-hybridized carbons (Fsp3) is 0.600. The zero-order valence-corrected chi connectivity index (χ0v) is 7.05. The van der Waals surface area contributed by atoms with Gasteiger partial charge in [-0.25, -0.2) is 0 Å². The monoisotopic (exact) mass is 151 g/mol. The van der Waals surface area contributed by atoms with Gasteiger partial charge in [-0.05, 0) is 12.1 Å². The van der Waals surface area contributed by atoms with Gasteiger partial charge in [-0.3, -0.25) is 0 Å². The Hall–Kier alpha value is -0.720. The Labute approximate surface area is 68.8 Å². The maximum atomic E-state index is 2.86. The predicted molar refractivity (Wildman–Crippen MR) is 48.5 cm³/mol. The van der Waals surface area contributed by atoms with Gasteiger partial charge in [0.25, 0.3) is 0 Å². The maximum Gasteiger partial charge on any atom is 0.000496 e. The van der Waals surface area contributed by atoms with Crippen molar-refractivity contribution < 1.29 is 0 Å². The molecule has 0 bridgehead atoms. The topological polar surface area (TPSA) is 15.8 Å². The molecule has 62 valence electrons. The molecule has 0 saturated heterocycles. The van der Waals surface area contributed by atoms with Crippen molar-refractivity contribution in [3.63, 3.8) is 0 Å². The second kappa shape index (κ2) is 6.02. The lowest BCUT2D eigenvalue weighted by Crippen LogP contribution is -1.85. The number of hydrogen-bond acceptors (Lipinski definition) is 0. The number of nitrogens with one attached hydrogen (secondary N) is 1. The highest BCUT2D eigenvalue weighted by atomic mass is 14.6. The molecule has 0 unspecified atom stereocenters. The third-order valence-electron chi connectivity index (χ3n) is 2.00. The van der Waals surface area contributed by atoms with Crippen LogP contribution >= 0.6 is 0 Å². The van der Waals surface area contributed by atoms with Crippen molar-refractivity contribution in [2.45, 2.75) is 38.5 Å². The van der Waals surface area contributed by atoms with Crippen LogP contribution in [0.2, 0.25) is 0 Å². The fourth-order valence-electron chi connectivity index (χ4n) is 1.34. The van der Waals surface area contributed by atoms with Crippen LogP contribution in [0, 0.1) is 0 Å². The fourth-order valence-corrected chi connectivity index (χ4v) is 1.34. The van der Waals surface area contributed by atoms with Crippen LogP contribution in [0.1, 0.15) is 38.5 Å². The third-order valence-corrected chi connectivity index (χ3v) is 2.00.